The van der Waals surface area contributed by atoms with Crippen LogP contribution in [0.25, 0.3) is 0 Å². The predicted octanol–water partition coefficient (Wildman–Crippen LogP) is 4.89. The fourth-order valence-corrected chi connectivity index (χ4v) is 2.43. The minimum Gasteiger partial charge on any atom is -0.299 e. The lowest BCUT2D eigenvalue weighted by molar-refractivity contribution is -0.118. The molecule has 2 rings (SSSR count). The van der Waals surface area contributed by atoms with E-state index in [-0.39, 0.29) is 0 Å². The van der Waals surface area contributed by atoms with Crippen LogP contribution in [-0.4, -0.2) is 5.78 Å². The zero-order valence-electron chi connectivity index (χ0n) is 11.7. The van der Waals surface area contributed by atoms with Gasteiger partial charge in [0.05, 0.1) is 0 Å². The molecule has 0 N–H and O–H groups in total. The van der Waals surface area contributed by atoms with Gasteiger partial charge >= 0.3 is 0 Å². The molecule has 0 bridgehead atoms. The first-order valence-corrected chi connectivity index (χ1v) is 7.74. The van der Waals surface area contributed by atoms with Crippen molar-refractivity contribution in [3.05, 3.63) is 69.7 Å². The molecule has 0 aliphatic carbocycles. The Morgan fingerprint density at radius 2 is 1.55 bits per heavy atom. The molecule has 0 aliphatic heterocycles. The zero-order valence-corrected chi connectivity index (χ0v) is 13.3. The van der Waals surface area contributed by atoms with Crippen LogP contribution in [0.2, 0.25) is 0 Å². The van der Waals surface area contributed by atoms with E-state index in [4.69, 9.17) is 0 Å². The number of halogens is 1. The molecule has 0 heterocycles. The van der Waals surface area contributed by atoms with Gasteiger partial charge in [-0.25, -0.2) is 0 Å². The quantitative estimate of drug-likeness (QED) is 0.736. The number of rotatable bonds is 6. The van der Waals surface area contributed by atoms with Gasteiger partial charge in [-0.1, -0.05) is 57.9 Å². The lowest BCUT2D eigenvalue weighted by Crippen LogP contribution is -2.03. The van der Waals surface area contributed by atoms with Crippen molar-refractivity contribution >= 4 is 21.7 Å². The summed E-state index contributed by atoms with van der Waals surface area (Å²) in [6.45, 7) is 2.06. The number of aryl methyl sites for hydroxylation is 2. The molecule has 0 amide bonds. The van der Waals surface area contributed by atoms with Crippen LogP contribution in [0.1, 0.15) is 29.5 Å². The van der Waals surface area contributed by atoms with Crippen LogP contribution in [-0.2, 0) is 17.6 Å². The predicted molar refractivity (Wildman–Crippen MR) is 87.0 cm³/mol. The van der Waals surface area contributed by atoms with E-state index in [1.54, 1.807) is 0 Å². The van der Waals surface area contributed by atoms with E-state index in [1.165, 1.54) is 11.1 Å². The molecule has 0 aliphatic rings. The third-order valence-corrected chi connectivity index (χ3v) is 3.88. The molecule has 2 heteroatoms. The highest BCUT2D eigenvalue weighted by atomic mass is 79.9. The second kappa shape index (κ2) is 7.39. The Balaban J connectivity index is 1.75. The van der Waals surface area contributed by atoms with Gasteiger partial charge in [0, 0.05) is 17.3 Å². The number of ketones is 1. The summed E-state index contributed by atoms with van der Waals surface area (Å²) in [7, 11) is 0. The summed E-state index contributed by atoms with van der Waals surface area (Å²) in [5.74, 6) is 0.325. The highest BCUT2D eigenvalue weighted by molar-refractivity contribution is 9.10. The van der Waals surface area contributed by atoms with Gasteiger partial charge in [0.15, 0.2) is 0 Å². The molecule has 2 aromatic carbocycles. The van der Waals surface area contributed by atoms with E-state index in [1.807, 2.05) is 24.3 Å². The summed E-state index contributed by atoms with van der Waals surface area (Å²) in [6, 6.07) is 16.5. The van der Waals surface area contributed by atoms with Crippen LogP contribution in [0.15, 0.2) is 53.0 Å². The normalized spacial score (nSPS) is 10.5. The third-order valence-electron chi connectivity index (χ3n) is 3.36. The monoisotopic (exact) mass is 330 g/mol. The molecule has 0 aromatic heterocycles. The molecule has 20 heavy (non-hydrogen) atoms. The van der Waals surface area contributed by atoms with Crippen LogP contribution >= 0.6 is 15.9 Å². The molecule has 0 spiro atoms. The highest BCUT2D eigenvalue weighted by Crippen LogP contribution is 2.13. The number of hydrogen-bond donors (Lipinski definition) is 0. The van der Waals surface area contributed by atoms with Crippen molar-refractivity contribution in [3.8, 4) is 0 Å². The molecule has 1 nitrogen and oxygen atoms in total. The Morgan fingerprint density at radius 1 is 0.950 bits per heavy atom. The smallest absolute Gasteiger partial charge is 0.137 e. The van der Waals surface area contributed by atoms with Gasteiger partial charge in [0.2, 0.25) is 0 Å². The number of carbonyl (C=O) groups excluding carboxylic acids is 1. The Morgan fingerprint density at radius 3 is 2.20 bits per heavy atom. The standard InChI is InChI=1S/C18H19BrO/c1-14-5-7-16(8-6-14)13-18(20)4-2-3-15-9-11-17(19)12-10-15/h5-12H,2-4,13H2,1H3. The van der Waals surface area contributed by atoms with Gasteiger partial charge in [-0.2, -0.15) is 0 Å². The Hall–Kier alpha value is -1.41. The van der Waals surface area contributed by atoms with Crippen LogP contribution in [0.4, 0.5) is 0 Å². The Kier molecular flexibility index (Phi) is 5.54. The lowest BCUT2D eigenvalue weighted by atomic mass is 10.0. The summed E-state index contributed by atoms with van der Waals surface area (Å²) < 4.78 is 1.09. The van der Waals surface area contributed by atoms with Crippen LogP contribution < -0.4 is 0 Å². The van der Waals surface area contributed by atoms with Crippen LogP contribution in [0.5, 0.6) is 0 Å². The van der Waals surface area contributed by atoms with E-state index in [2.05, 4.69) is 47.1 Å². The lowest BCUT2D eigenvalue weighted by Gasteiger charge is -2.03. The molecule has 0 radical (unpaired) electrons. The number of hydrogen-bond acceptors (Lipinski definition) is 1. The summed E-state index contributed by atoms with van der Waals surface area (Å²) in [6.07, 6.45) is 3.10. The summed E-state index contributed by atoms with van der Waals surface area (Å²) in [4.78, 5) is 11.9. The molecule has 2 aromatic rings. The van der Waals surface area contributed by atoms with Gasteiger partial charge in [-0.15, -0.1) is 0 Å². The van der Waals surface area contributed by atoms with Crippen molar-refractivity contribution in [1.29, 1.82) is 0 Å². The minimum atomic E-state index is 0.325. The second-order valence-electron chi connectivity index (χ2n) is 5.18. The SMILES string of the molecule is Cc1ccc(CC(=O)CCCc2ccc(Br)cc2)cc1. The first-order valence-electron chi connectivity index (χ1n) is 6.95. The van der Waals surface area contributed by atoms with Gasteiger partial charge in [-0.3, -0.25) is 4.79 Å². The average Bonchev–Trinajstić information content (AvgIpc) is 2.44. The van der Waals surface area contributed by atoms with E-state index >= 15 is 0 Å². The maximum absolute atomic E-state index is 11.9. The van der Waals surface area contributed by atoms with Gasteiger partial charge in [0.25, 0.3) is 0 Å². The van der Waals surface area contributed by atoms with E-state index < -0.39 is 0 Å². The van der Waals surface area contributed by atoms with Crippen LogP contribution in [0.3, 0.4) is 0 Å². The van der Waals surface area contributed by atoms with Gasteiger partial charge in [0.1, 0.15) is 5.78 Å². The molecule has 0 atom stereocenters. The largest absolute Gasteiger partial charge is 0.299 e. The van der Waals surface area contributed by atoms with Crippen molar-refractivity contribution in [2.45, 2.75) is 32.6 Å². The van der Waals surface area contributed by atoms with E-state index in [0.717, 1.165) is 22.9 Å². The number of benzene rings is 2. The van der Waals surface area contributed by atoms with Crippen LogP contribution in [0, 0.1) is 6.92 Å². The molecular weight excluding hydrogens is 312 g/mol. The summed E-state index contributed by atoms with van der Waals surface area (Å²) in [5, 5.41) is 0. The summed E-state index contributed by atoms with van der Waals surface area (Å²) in [5.41, 5.74) is 3.64. The highest BCUT2D eigenvalue weighted by Gasteiger charge is 2.04. The fourth-order valence-electron chi connectivity index (χ4n) is 2.16. The van der Waals surface area contributed by atoms with Gasteiger partial charge < -0.3 is 0 Å². The second-order valence-corrected chi connectivity index (χ2v) is 6.10. The zero-order chi connectivity index (χ0) is 14.4. The number of carbonyl (C=O) groups is 1. The number of Topliss-reactive ketones (excluding diaryl/α,β-unsaturated/α-hetero) is 1. The Bertz CT molecular complexity index is 555. The molecular formula is C18H19BrO. The van der Waals surface area contributed by atoms with Crippen molar-refractivity contribution in [2.24, 2.45) is 0 Å². The fraction of sp³-hybridized carbons (Fsp3) is 0.278. The van der Waals surface area contributed by atoms with Gasteiger partial charge in [-0.05, 0) is 43.0 Å². The van der Waals surface area contributed by atoms with Crippen molar-refractivity contribution in [3.63, 3.8) is 0 Å². The first kappa shape index (κ1) is 15.0. The van der Waals surface area contributed by atoms with E-state index in [9.17, 15) is 4.79 Å². The summed E-state index contributed by atoms with van der Waals surface area (Å²) >= 11 is 3.42. The first-order chi connectivity index (χ1) is 9.63. The Labute approximate surface area is 129 Å². The minimum absolute atomic E-state index is 0.325. The van der Waals surface area contributed by atoms with Crippen molar-refractivity contribution < 1.29 is 4.79 Å². The van der Waals surface area contributed by atoms with Crippen molar-refractivity contribution in [2.75, 3.05) is 0 Å². The molecule has 0 saturated carbocycles. The molecule has 104 valence electrons. The topological polar surface area (TPSA) is 17.1 Å². The third kappa shape index (κ3) is 4.93. The molecule has 0 unspecified atom stereocenters. The molecule has 0 saturated heterocycles. The van der Waals surface area contributed by atoms with Crippen molar-refractivity contribution in [1.82, 2.24) is 0 Å². The maximum Gasteiger partial charge on any atom is 0.137 e. The maximum atomic E-state index is 11.9. The molecule has 0 fully saturated rings. The van der Waals surface area contributed by atoms with E-state index in [0.29, 0.717) is 18.6 Å². The average molecular weight is 331 g/mol.